The highest BCUT2D eigenvalue weighted by atomic mass is 31.2. The van der Waals surface area contributed by atoms with Gasteiger partial charge in [-0.1, -0.05) is 319 Å². The maximum Gasteiger partial charge on any atom is 0.472 e. The predicted molar refractivity (Wildman–Crippen MR) is 377 cm³/mol. The molecule has 5 atom stereocenters. The monoisotopic (exact) mass is 1370 g/mol. The van der Waals surface area contributed by atoms with Crippen LogP contribution in [0.2, 0.25) is 0 Å². The fourth-order valence-electron chi connectivity index (χ4n) is 11.2. The largest absolute Gasteiger partial charge is 0.472 e. The summed E-state index contributed by atoms with van der Waals surface area (Å²) in [4.78, 5) is 72.7. The van der Waals surface area contributed by atoms with Crippen molar-refractivity contribution in [3.63, 3.8) is 0 Å². The second-order valence-electron chi connectivity index (χ2n) is 28.6. The summed E-state index contributed by atoms with van der Waals surface area (Å²) < 4.78 is 68.4. The lowest BCUT2D eigenvalue weighted by atomic mass is 10.0. The van der Waals surface area contributed by atoms with Crippen LogP contribution in [-0.4, -0.2) is 96.7 Å². The molecule has 0 aliphatic carbocycles. The molecule has 0 heterocycles. The molecule has 0 saturated heterocycles. The van der Waals surface area contributed by atoms with Crippen molar-refractivity contribution in [3.8, 4) is 0 Å². The smallest absolute Gasteiger partial charge is 0.462 e. The minimum atomic E-state index is -4.96. The number of rotatable bonds is 71. The summed E-state index contributed by atoms with van der Waals surface area (Å²) in [5.41, 5.74) is 0. The number of phosphoric ester groups is 2. The number of esters is 4. The Labute approximate surface area is 568 Å². The standard InChI is InChI=1S/C74H144O17P2/c1-64(2)50-42-34-26-20-14-10-9-11-16-24-30-40-48-56-74(79)91-70(61-85-72(77)55-47-39-33-32-37-45-53-67(7)8)63-89-93(82,83)87-59-68(75)58-86-92(80,81)88-62-69(60-84-71(76)54-46-38-29-23-19-18-22-28-36-44-52-66(5)6)90-73(78)57-49-41-31-25-17-13-12-15-21-27-35-43-51-65(3)4/h64-70,75H,9-63H2,1-8H3,(H,80,81)(H,82,83)/t68-,69-,70-/m1/s1. The molecule has 0 aromatic carbocycles. The topological polar surface area (TPSA) is 237 Å². The summed E-state index contributed by atoms with van der Waals surface area (Å²) in [6.07, 6.45) is 47.3. The Kier molecular flexibility index (Phi) is 62.2. The number of aliphatic hydroxyl groups is 1. The first-order chi connectivity index (χ1) is 44.6. The summed E-state index contributed by atoms with van der Waals surface area (Å²) in [5, 5.41) is 10.6. The van der Waals surface area contributed by atoms with E-state index >= 15 is 0 Å². The molecular formula is C74H144O17P2. The zero-order chi connectivity index (χ0) is 68.9. The molecule has 19 heteroatoms. The van der Waals surface area contributed by atoms with E-state index in [-0.39, 0.29) is 25.7 Å². The van der Waals surface area contributed by atoms with Crippen molar-refractivity contribution in [2.45, 2.75) is 388 Å². The van der Waals surface area contributed by atoms with Gasteiger partial charge in [-0.15, -0.1) is 0 Å². The van der Waals surface area contributed by atoms with Gasteiger partial charge in [0.15, 0.2) is 12.2 Å². The molecule has 0 aliphatic heterocycles. The minimum absolute atomic E-state index is 0.106. The lowest BCUT2D eigenvalue weighted by molar-refractivity contribution is -0.161. The highest BCUT2D eigenvalue weighted by Crippen LogP contribution is 2.45. The Morgan fingerprint density at radius 1 is 0.269 bits per heavy atom. The van der Waals surface area contributed by atoms with Crippen LogP contribution in [0.15, 0.2) is 0 Å². The summed E-state index contributed by atoms with van der Waals surface area (Å²) in [5.74, 6) is 0.877. The van der Waals surface area contributed by atoms with E-state index in [0.29, 0.717) is 31.6 Å². The van der Waals surface area contributed by atoms with Crippen LogP contribution in [0, 0.1) is 23.7 Å². The van der Waals surface area contributed by atoms with Gasteiger partial charge in [-0.2, -0.15) is 0 Å². The van der Waals surface area contributed by atoms with E-state index in [9.17, 15) is 43.2 Å². The van der Waals surface area contributed by atoms with Crippen molar-refractivity contribution in [1.82, 2.24) is 0 Å². The number of carbonyl (C=O) groups excluding carboxylic acids is 4. The normalized spacial score (nSPS) is 14.2. The Balaban J connectivity index is 5.24. The average molecular weight is 1370 g/mol. The van der Waals surface area contributed by atoms with Crippen LogP contribution in [0.5, 0.6) is 0 Å². The molecule has 0 spiro atoms. The maximum absolute atomic E-state index is 13.1. The molecule has 0 fully saturated rings. The van der Waals surface area contributed by atoms with E-state index in [1.807, 2.05) is 0 Å². The van der Waals surface area contributed by atoms with E-state index in [1.54, 1.807) is 0 Å². The lowest BCUT2D eigenvalue weighted by Crippen LogP contribution is -2.30. The molecule has 0 rings (SSSR count). The molecule has 0 aromatic rings. The molecule has 0 saturated carbocycles. The van der Waals surface area contributed by atoms with Crippen LogP contribution < -0.4 is 0 Å². The van der Waals surface area contributed by atoms with Crippen molar-refractivity contribution < 1.29 is 80.2 Å². The molecule has 17 nitrogen and oxygen atoms in total. The average Bonchev–Trinajstić information content (AvgIpc) is 2.05. The van der Waals surface area contributed by atoms with Crippen LogP contribution in [0.25, 0.3) is 0 Å². The van der Waals surface area contributed by atoms with Crippen molar-refractivity contribution in [2.24, 2.45) is 23.7 Å². The third-order valence-corrected chi connectivity index (χ3v) is 19.0. The van der Waals surface area contributed by atoms with Gasteiger partial charge in [0, 0.05) is 25.7 Å². The first kappa shape index (κ1) is 91.1. The van der Waals surface area contributed by atoms with Crippen molar-refractivity contribution in [1.29, 1.82) is 0 Å². The van der Waals surface area contributed by atoms with Gasteiger partial charge in [-0.3, -0.25) is 37.3 Å². The quantitative estimate of drug-likeness (QED) is 0.0222. The van der Waals surface area contributed by atoms with Crippen LogP contribution in [0.4, 0.5) is 0 Å². The molecule has 2 unspecified atom stereocenters. The SMILES string of the molecule is CC(C)CCCCCCCCCCCCCCCC(=O)O[C@H](COC(=O)CCCCCCCCC(C)C)COP(=O)(O)OC[C@H](O)COP(=O)(O)OC[C@@H](COC(=O)CCCCCCCCCCCCC(C)C)OC(=O)CCCCCCCCCCCCCCC(C)C. The van der Waals surface area contributed by atoms with E-state index in [1.165, 1.54) is 167 Å². The molecule has 3 N–H and O–H groups in total. The highest BCUT2D eigenvalue weighted by Gasteiger charge is 2.30. The molecule has 552 valence electrons. The van der Waals surface area contributed by atoms with Crippen molar-refractivity contribution in [2.75, 3.05) is 39.6 Å². The Morgan fingerprint density at radius 2 is 0.452 bits per heavy atom. The number of phosphoric acid groups is 2. The zero-order valence-electron chi connectivity index (χ0n) is 60.9. The Bertz CT molecular complexity index is 1830. The molecule has 0 aromatic heterocycles. The summed E-state index contributed by atoms with van der Waals surface area (Å²) in [6, 6.07) is 0. The van der Waals surface area contributed by atoms with Gasteiger partial charge in [-0.05, 0) is 49.4 Å². The second kappa shape index (κ2) is 63.5. The van der Waals surface area contributed by atoms with E-state index < -0.39 is 97.5 Å². The highest BCUT2D eigenvalue weighted by molar-refractivity contribution is 7.47. The van der Waals surface area contributed by atoms with E-state index in [2.05, 4.69) is 55.4 Å². The third-order valence-electron chi connectivity index (χ3n) is 17.1. The first-order valence-electron chi connectivity index (χ1n) is 38.2. The summed E-state index contributed by atoms with van der Waals surface area (Å²) in [6.45, 7) is 14.1. The maximum atomic E-state index is 13.1. The third kappa shape index (κ3) is 68.4. The molecule has 0 amide bonds. The van der Waals surface area contributed by atoms with Gasteiger partial charge in [0.05, 0.1) is 26.4 Å². The zero-order valence-corrected chi connectivity index (χ0v) is 62.7. The number of hydrogen-bond acceptors (Lipinski definition) is 15. The van der Waals surface area contributed by atoms with Crippen LogP contribution in [-0.2, 0) is 65.4 Å². The van der Waals surface area contributed by atoms with Crippen molar-refractivity contribution >= 4 is 39.5 Å². The van der Waals surface area contributed by atoms with Gasteiger partial charge in [0.1, 0.15) is 19.3 Å². The fourth-order valence-corrected chi connectivity index (χ4v) is 12.8. The number of hydrogen-bond donors (Lipinski definition) is 3. The first-order valence-corrected chi connectivity index (χ1v) is 41.2. The molecule has 93 heavy (non-hydrogen) atoms. The Hall–Kier alpha value is -1.94. The van der Waals surface area contributed by atoms with Crippen LogP contribution >= 0.6 is 15.6 Å². The number of carbonyl (C=O) groups is 4. The number of aliphatic hydroxyl groups excluding tert-OH is 1. The molecule has 0 aliphatic rings. The van der Waals surface area contributed by atoms with Crippen LogP contribution in [0.3, 0.4) is 0 Å². The molecule has 0 bridgehead atoms. The van der Waals surface area contributed by atoms with Gasteiger partial charge in [0.2, 0.25) is 0 Å². The lowest BCUT2D eigenvalue weighted by Gasteiger charge is -2.21. The van der Waals surface area contributed by atoms with E-state index in [0.717, 1.165) is 114 Å². The number of unbranched alkanes of at least 4 members (excludes halogenated alkanes) is 37. The van der Waals surface area contributed by atoms with Gasteiger partial charge >= 0.3 is 39.5 Å². The summed E-state index contributed by atoms with van der Waals surface area (Å²) >= 11 is 0. The molecule has 0 radical (unpaired) electrons. The van der Waals surface area contributed by atoms with Gasteiger partial charge in [0.25, 0.3) is 0 Å². The van der Waals surface area contributed by atoms with Gasteiger partial charge < -0.3 is 33.8 Å². The van der Waals surface area contributed by atoms with E-state index in [4.69, 9.17) is 37.0 Å². The van der Waals surface area contributed by atoms with Crippen LogP contribution in [0.1, 0.15) is 370 Å². The molecular weight excluding hydrogens is 1220 g/mol. The van der Waals surface area contributed by atoms with Crippen molar-refractivity contribution in [3.05, 3.63) is 0 Å². The minimum Gasteiger partial charge on any atom is -0.462 e. The van der Waals surface area contributed by atoms with Gasteiger partial charge in [-0.25, -0.2) is 9.13 Å². The summed E-state index contributed by atoms with van der Waals surface area (Å²) in [7, 11) is -9.91. The predicted octanol–water partition coefficient (Wildman–Crippen LogP) is 21.3. The number of ether oxygens (including phenoxy) is 4. The second-order valence-corrected chi connectivity index (χ2v) is 31.5. The fraction of sp³-hybridized carbons (Fsp3) is 0.946. The Morgan fingerprint density at radius 3 is 0.667 bits per heavy atom.